The number of thiophene rings is 1. The average molecular weight is 331 g/mol. The predicted octanol–water partition coefficient (Wildman–Crippen LogP) is 4.72. The molecular formula is C17H11ClO3S. The first-order valence-electron chi connectivity index (χ1n) is 6.58. The topological polar surface area (TPSA) is 54.4 Å². The van der Waals surface area contributed by atoms with Crippen LogP contribution in [-0.4, -0.2) is 16.7 Å². The lowest BCUT2D eigenvalue weighted by molar-refractivity contribution is 0.0895. The molecule has 1 N–H and O–H groups in total. The number of phenols is 1. The summed E-state index contributed by atoms with van der Waals surface area (Å²) >= 11 is 7.18. The maximum atomic E-state index is 12.3. The first kappa shape index (κ1) is 14.8. The number of benzene rings is 2. The van der Waals surface area contributed by atoms with Gasteiger partial charge in [-0.25, -0.2) is 0 Å². The molecule has 0 aliphatic heterocycles. The van der Waals surface area contributed by atoms with Crippen LogP contribution in [0.25, 0.3) is 10.1 Å². The first-order chi connectivity index (χ1) is 10.5. The SMILES string of the molecule is O=C(CC(=O)c1cc(Cl)ccc1O)c1cc2ccccc2s1. The van der Waals surface area contributed by atoms with Crippen molar-refractivity contribution in [1.29, 1.82) is 0 Å². The summed E-state index contributed by atoms with van der Waals surface area (Å²) in [5, 5.41) is 11.0. The van der Waals surface area contributed by atoms with Crippen LogP contribution in [0.3, 0.4) is 0 Å². The van der Waals surface area contributed by atoms with Crippen molar-refractivity contribution < 1.29 is 14.7 Å². The van der Waals surface area contributed by atoms with E-state index in [-0.39, 0.29) is 23.5 Å². The number of halogens is 1. The molecule has 22 heavy (non-hydrogen) atoms. The number of hydrogen-bond acceptors (Lipinski definition) is 4. The minimum Gasteiger partial charge on any atom is -0.507 e. The zero-order chi connectivity index (χ0) is 15.7. The van der Waals surface area contributed by atoms with Gasteiger partial charge in [-0.1, -0.05) is 29.8 Å². The number of hydrogen-bond donors (Lipinski definition) is 1. The number of fused-ring (bicyclic) bond motifs is 1. The minimum absolute atomic E-state index is 0.0713. The summed E-state index contributed by atoms with van der Waals surface area (Å²) in [5.41, 5.74) is 0.0713. The lowest BCUT2D eigenvalue weighted by Crippen LogP contribution is -2.07. The van der Waals surface area contributed by atoms with Gasteiger partial charge in [0.25, 0.3) is 0 Å². The van der Waals surface area contributed by atoms with E-state index in [0.29, 0.717) is 9.90 Å². The summed E-state index contributed by atoms with van der Waals surface area (Å²) in [6, 6.07) is 13.7. The van der Waals surface area contributed by atoms with Crippen molar-refractivity contribution >= 4 is 44.6 Å². The van der Waals surface area contributed by atoms with Crippen LogP contribution in [0.4, 0.5) is 0 Å². The summed E-state index contributed by atoms with van der Waals surface area (Å²) in [7, 11) is 0. The van der Waals surface area contributed by atoms with Crippen LogP contribution in [0.1, 0.15) is 26.5 Å². The molecule has 0 saturated heterocycles. The second kappa shape index (κ2) is 5.91. The van der Waals surface area contributed by atoms with Crippen LogP contribution < -0.4 is 0 Å². The third-order valence-corrected chi connectivity index (χ3v) is 4.67. The quantitative estimate of drug-likeness (QED) is 0.556. The van der Waals surface area contributed by atoms with Crippen molar-refractivity contribution in [1.82, 2.24) is 0 Å². The maximum absolute atomic E-state index is 12.3. The summed E-state index contributed by atoms with van der Waals surface area (Å²) in [4.78, 5) is 25.0. The fraction of sp³-hybridized carbons (Fsp3) is 0.0588. The van der Waals surface area contributed by atoms with Crippen molar-refractivity contribution in [3.05, 3.63) is 64.0 Å². The number of carbonyl (C=O) groups is 2. The molecule has 0 aliphatic rings. The predicted molar refractivity (Wildman–Crippen MR) is 88.2 cm³/mol. The largest absolute Gasteiger partial charge is 0.507 e. The van der Waals surface area contributed by atoms with E-state index in [9.17, 15) is 14.7 Å². The van der Waals surface area contributed by atoms with Gasteiger partial charge in [0, 0.05) is 9.72 Å². The Morgan fingerprint density at radius 3 is 2.59 bits per heavy atom. The van der Waals surface area contributed by atoms with Gasteiger partial charge in [-0.05, 0) is 35.7 Å². The lowest BCUT2D eigenvalue weighted by atomic mass is 10.0. The highest BCUT2D eigenvalue weighted by Gasteiger charge is 2.18. The fourth-order valence-electron chi connectivity index (χ4n) is 2.18. The standard InChI is InChI=1S/C17H11ClO3S/c18-11-5-6-13(19)12(8-11)14(20)9-15(21)17-7-10-3-1-2-4-16(10)22-17/h1-8,19H,9H2. The molecule has 0 bridgehead atoms. The highest BCUT2D eigenvalue weighted by atomic mass is 35.5. The van der Waals surface area contributed by atoms with Crippen LogP contribution in [0.5, 0.6) is 5.75 Å². The Kier molecular flexibility index (Phi) is 3.96. The number of Topliss-reactive ketones (excluding diaryl/α,β-unsaturated/α-hetero) is 2. The van der Waals surface area contributed by atoms with Gasteiger partial charge in [-0.2, -0.15) is 0 Å². The Bertz CT molecular complexity index is 849. The zero-order valence-electron chi connectivity index (χ0n) is 11.4. The number of ketones is 2. The molecule has 3 nitrogen and oxygen atoms in total. The second-order valence-electron chi connectivity index (χ2n) is 4.83. The Morgan fingerprint density at radius 2 is 1.82 bits per heavy atom. The summed E-state index contributed by atoms with van der Waals surface area (Å²) in [6.45, 7) is 0. The molecule has 0 spiro atoms. The van der Waals surface area contributed by atoms with Crippen molar-refractivity contribution in [3.8, 4) is 5.75 Å². The molecule has 1 aromatic heterocycles. The number of rotatable bonds is 4. The Balaban J connectivity index is 1.84. The molecule has 3 aromatic rings. The van der Waals surface area contributed by atoms with Crippen LogP contribution in [0, 0.1) is 0 Å². The van der Waals surface area contributed by atoms with Gasteiger partial charge < -0.3 is 5.11 Å². The normalized spacial score (nSPS) is 10.8. The van der Waals surface area contributed by atoms with E-state index in [1.54, 1.807) is 6.07 Å². The smallest absolute Gasteiger partial charge is 0.180 e. The van der Waals surface area contributed by atoms with E-state index in [1.807, 2.05) is 24.3 Å². The molecule has 1 heterocycles. The van der Waals surface area contributed by atoms with E-state index in [0.717, 1.165) is 10.1 Å². The maximum Gasteiger partial charge on any atom is 0.180 e. The highest BCUT2D eigenvalue weighted by molar-refractivity contribution is 7.20. The van der Waals surface area contributed by atoms with Gasteiger partial charge >= 0.3 is 0 Å². The van der Waals surface area contributed by atoms with E-state index >= 15 is 0 Å². The van der Waals surface area contributed by atoms with E-state index in [1.165, 1.54) is 29.5 Å². The lowest BCUT2D eigenvalue weighted by Gasteiger charge is -2.03. The van der Waals surface area contributed by atoms with Gasteiger partial charge in [-0.15, -0.1) is 11.3 Å². The molecule has 0 unspecified atom stereocenters. The van der Waals surface area contributed by atoms with Gasteiger partial charge in [0.1, 0.15) is 5.75 Å². The fourth-order valence-corrected chi connectivity index (χ4v) is 3.35. The van der Waals surface area contributed by atoms with Crippen LogP contribution in [0.2, 0.25) is 5.02 Å². The number of carbonyl (C=O) groups excluding carboxylic acids is 2. The Hall–Kier alpha value is -2.17. The molecule has 5 heteroatoms. The van der Waals surface area contributed by atoms with Crippen LogP contribution in [-0.2, 0) is 0 Å². The van der Waals surface area contributed by atoms with E-state index in [4.69, 9.17) is 11.6 Å². The number of phenolic OH excluding ortho intramolecular Hbond substituents is 1. The second-order valence-corrected chi connectivity index (χ2v) is 6.35. The molecule has 0 atom stereocenters. The summed E-state index contributed by atoms with van der Waals surface area (Å²) in [6.07, 6.45) is -0.291. The molecule has 0 fully saturated rings. The third kappa shape index (κ3) is 2.89. The minimum atomic E-state index is -0.442. The van der Waals surface area contributed by atoms with Gasteiger partial charge in [-0.3, -0.25) is 9.59 Å². The van der Waals surface area contributed by atoms with Gasteiger partial charge in [0.15, 0.2) is 11.6 Å². The van der Waals surface area contributed by atoms with Crippen molar-refractivity contribution in [2.75, 3.05) is 0 Å². The van der Waals surface area contributed by atoms with Gasteiger partial charge in [0.2, 0.25) is 0 Å². The van der Waals surface area contributed by atoms with Crippen molar-refractivity contribution in [2.45, 2.75) is 6.42 Å². The van der Waals surface area contributed by atoms with Crippen LogP contribution >= 0.6 is 22.9 Å². The molecule has 0 radical (unpaired) electrons. The summed E-state index contributed by atoms with van der Waals surface area (Å²) < 4.78 is 1.00. The first-order valence-corrected chi connectivity index (χ1v) is 7.77. The molecule has 2 aromatic carbocycles. The zero-order valence-corrected chi connectivity index (χ0v) is 12.9. The Morgan fingerprint density at radius 1 is 1.05 bits per heavy atom. The molecular weight excluding hydrogens is 320 g/mol. The molecule has 0 amide bonds. The highest BCUT2D eigenvalue weighted by Crippen LogP contribution is 2.28. The molecule has 110 valence electrons. The van der Waals surface area contributed by atoms with E-state index < -0.39 is 5.78 Å². The van der Waals surface area contributed by atoms with Crippen molar-refractivity contribution in [2.24, 2.45) is 0 Å². The monoisotopic (exact) mass is 330 g/mol. The number of aromatic hydroxyl groups is 1. The molecule has 3 rings (SSSR count). The van der Waals surface area contributed by atoms with Crippen LogP contribution in [0.15, 0.2) is 48.5 Å². The van der Waals surface area contributed by atoms with Gasteiger partial charge in [0.05, 0.1) is 16.9 Å². The summed E-state index contributed by atoms with van der Waals surface area (Å²) in [5.74, 6) is -0.869. The molecule has 0 saturated carbocycles. The van der Waals surface area contributed by atoms with E-state index in [2.05, 4.69) is 0 Å². The average Bonchev–Trinajstić information content (AvgIpc) is 2.93. The van der Waals surface area contributed by atoms with Crippen molar-refractivity contribution in [3.63, 3.8) is 0 Å². The third-order valence-electron chi connectivity index (χ3n) is 3.28. The Labute approximate surface area is 135 Å². The molecule has 0 aliphatic carbocycles.